The van der Waals surface area contributed by atoms with Crippen LogP contribution < -0.4 is 0 Å². The van der Waals surface area contributed by atoms with Crippen LogP contribution in [-0.2, 0) is 115 Å². The number of carboxylic acid groups (broad SMARTS) is 8. The zero-order valence-electron chi connectivity index (χ0n) is 42.2. The van der Waals surface area contributed by atoms with Crippen molar-refractivity contribution in [3.63, 3.8) is 0 Å². The monoisotopic (exact) mass is 1130 g/mol. The molecule has 32 nitrogen and oxygen atoms in total. The van der Waals surface area contributed by atoms with E-state index in [-0.39, 0.29) is 77.8 Å². The SMILES string of the molecule is O=C(O)CCC(=O)OCC(COC(=O)CCC(=O)O)(COC(=O)CCC(=O)O)COC(=O)CCC(=O)O.O=C(O)CCC(=O)OCCC(CCOC(=O)CCC(=O)O)(CCOC(=O)CCC(=O)O)CCOC(=O)CCC(=O)O. The highest BCUT2D eigenvalue weighted by molar-refractivity contribution is 5.80. The van der Waals surface area contributed by atoms with Crippen molar-refractivity contribution in [3.05, 3.63) is 0 Å². The Morgan fingerprint density at radius 2 is 0.346 bits per heavy atom. The van der Waals surface area contributed by atoms with Gasteiger partial charge in [0.2, 0.25) is 0 Å². The van der Waals surface area contributed by atoms with Gasteiger partial charge in [-0.3, -0.25) is 76.7 Å². The number of carboxylic acids is 8. The molecule has 0 aromatic heterocycles. The molecular formula is C46H64O32. The number of carbonyl (C=O) groups is 16. The summed E-state index contributed by atoms with van der Waals surface area (Å²) in [6.07, 6.45) is -7.65. The van der Waals surface area contributed by atoms with Crippen LogP contribution in [0.25, 0.3) is 0 Å². The van der Waals surface area contributed by atoms with Crippen molar-refractivity contribution in [2.45, 2.75) is 128 Å². The van der Waals surface area contributed by atoms with Gasteiger partial charge in [-0.05, 0) is 31.1 Å². The Kier molecular flexibility index (Phi) is 37.4. The second-order valence-corrected chi connectivity index (χ2v) is 16.7. The van der Waals surface area contributed by atoms with Gasteiger partial charge in [0.25, 0.3) is 0 Å². The lowest BCUT2D eigenvalue weighted by Crippen LogP contribution is -2.44. The molecule has 0 amide bonds. The summed E-state index contributed by atoms with van der Waals surface area (Å²) in [4.78, 5) is 181. The first-order valence-electron chi connectivity index (χ1n) is 23.5. The minimum atomic E-state index is -1.78. The first-order valence-corrected chi connectivity index (χ1v) is 23.5. The zero-order valence-corrected chi connectivity index (χ0v) is 42.2. The van der Waals surface area contributed by atoms with E-state index in [1.54, 1.807) is 0 Å². The van der Waals surface area contributed by atoms with Gasteiger partial charge < -0.3 is 78.7 Å². The molecule has 78 heavy (non-hydrogen) atoms. The van der Waals surface area contributed by atoms with Crippen molar-refractivity contribution in [1.29, 1.82) is 0 Å². The van der Waals surface area contributed by atoms with Crippen LogP contribution in [0.3, 0.4) is 0 Å². The molecule has 0 rings (SSSR count). The van der Waals surface area contributed by atoms with E-state index in [0.717, 1.165) is 0 Å². The summed E-state index contributed by atoms with van der Waals surface area (Å²) >= 11 is 0. The standard InChI is InChI=1S/C25H36O16.C21H28O16/c26-17(27)1-5-21(34)38-13-9-25(10-14-39-22(35)6-2-18(28)29,11-15-40-23(36)7-3-19(30)31)12-16-41-24(37)8-4-20(32)33;22-13(23)1-5-17(30)34-9-21(10-35-18(31)6-2-14(24)25,11-36-19(32)7-3-15(26)27)12-37-20(33)8-4-16(28)29/h1-16H2,(H,26,27)(H,28,29)(H,30,31)(H,32,33);1-12H2,(H,22,23)(H,24,25)(H,26,27)(H,28,29). The smallest absolute Gasteiger partial charge is 0.306 e. The number of esters is 8. The molecule has 0 saturated carbocycles. The summed E-state index contributed by atoms with van der Waals surface area (Å²) in [5, 5.41) is 69.6. The lowest BCUT2D eigenvalue weighted by Gasteiger charge is -2.33. The van der Waals surface area contributed by atoms with E-state index in [0.29, 0.717) is 0 Å². The van der Waals surface area contributed by atoms with Gasteiger partial charge in [0.15, 0.2) is 0 Å². The second kappa shape index (κ2) is 40.8. The van der Waals surface area contributed by atoms with Crippen molar-refractivity contribution in [2.75, 3.05) is 52.9 Å². The van der Waals surface area contributed by atoms with Crippen molar-refractivity contribution >= 4 is 95.5 Å². The largest absolute Gasteiger partial charge is 0.481 e. The van der Waals surface area contributed by atoms with Gasteiger partial charge in [0.1, 0.15) is 31.8 Å². The number of carbonyl (C=O) groups excluding carboxylic acids is 8. The maximum atomic E-state index is 11.9. The Hall–Kier alpha value is -8.48. The highest BCUT2D eigenvalue weighted by Gasteiger charge is 2.38. The summed E-state index contributed by atoms with van der Waals surface area (Å²) in [7, 11) is 0. The van der Waals surface area contributed by atoms with Crippen molar-refractivity contribution in [2.24, 2.45) is 10.8 Å². The van der Waals surface area contributed by atoms with Gasteiger partial charge >= 0.3 is 95.5 Å². The summed E-state index contributed by atoms with van der Waals surface area (Å²) in [6, 6.07) is 0. The molecule has 0 radical (unpaired) electrons. The molecule has 0 aliphatic rings. The third-order valence-corrected chi connectivity index (χ3v) is 10.1. The first kappa shape index (κ1) is 71.6. The van der Waals surface area contributed by atoms with Gasteiger partial charge in [-0.15, -0.1) is 0 Å². The molecule has 0 unspecified atom stereocenters. The summed E-state index contributed by atoms with van der Waals surface area (Å²) in [5.41, 5.74) is -2.75. The Morgan fingerprint density at radius 3 is 0.487 bits per heavy atom. The zero-order chi connectivity index (χ0) is 59.7. The number of hydrogen-bond acceptors (Lipinski definition) is 24. The second-order valence-electron chi connectivity index (χ2n) is 16.7. The summed E-state index contributed by atoms with van der Waals surface area (Å²) in [6.45, 7) is -3.88. The molecule has 8 N–H and O–H groups in total. The van der Waals surface area contributed by atoms with Crippen LogP contribution in [0.15, 0.2) is 0 Å². The molecule has 0 aromatic carbocycles. The third-order valence-electron chi connectivity index (χ3n) is 10.1. The molecule has 0 heterocycles. The maximum Gasteiger partial charge on any atom is 0.306 e. The van der Waals surface area contributed by atoms with Crippen molar-refractivity contribution in [1.82, 2.24) is 0 Å². The van der Waals surface area contributed by atoms with E-state index >= 15 is 0 Å². The number of rotatable bonds is 44. The Balaban J connectivity index is 0. The highest BCUT2D eigenvalue weighted by atomic mass is 16.6. The normalized spacial score (nSPS) is 10.7. The molecule has 0 spiro atoms. The molecule has 0 bridgehead atoms. The summed E-state index contributed by atoms with van der Waals surface area (Å²) in [5.74, 6) is -17.2. The lowest BCUT2D eigenvalue weighted by atomic mass is 9.76. The quantitative estimate of drug-likeness (QED) is 0.0308. The minimum Gasteiger partial charge on any atom is -0.481 e. The van der Waals surface area contributed by atoms with E-state index in [2.05, 4.69) is 0 Å². The van der Waals surface area contributed by atoms with E-state index in [1.807, 2.05) is 0 Å². The fraction of sp³-hybridized carbons (Fsp3) is 0.652. The molecular weight excluding hydrogens is 1060 g/mol. The van der Waals surface area contributed by atoms with Gasteiger partial charge in [-0.1, -0.05) is 0 Å². The highest BCUT2D eigenvalue weighted by Crippen LogP contribution is 2.36. The summed E-state index contributed by atoms with van der Waals surface area (Å²) < 4.78 is 40.4. The maximum absolute atomic E-state index is 11.9. The number of ether oxygens (including phenoxy) is 8. The van der Waals surface area contributed by atoms with Crippen LogP contribution in [0, 0.1) is 10.8 Å². The average molecular weight is 1130 g/mol. The predicted molar refractivity (Wildman–Crippen MR) is 246 cm³/mol. The average Bonchev–Trinajstić information content (AvgIpc) is 3.35. The van der Waals surface area contributed by atoms with Crippen LogP contribution in [0.4, 0.5) is 0 Å². The van der Waals surface area contributed by atoms with E-state index in [9.17, 15) is 76.7 Å². The van der Waals surface area contributed by atoms with Crippen LogP contribution >= 0.6 is 0 Å². The van der Waals surface area contributed by atoms with E-state index in [4.69, 9.17) is 78.7 Å². The van der Waals surface area contributed by atoms with Gasteiger partial charge in [-0.25, -0.2) is 0 Å². The number of hydrogen-bond donors (Lipinski definition) is 8. The third kappa shape index (κ3) is 42.8. The Bertz CT molecular complexity index is 1780. The first-order chi connectivity index (χ1) is 36.5. The van der Waals surface area contributed by atoms with Crippen LogP contribution in [0.5, 0.6) is 0 Å². The van der Waals surface area contributed by atoms with Crippen LogP contribution in [-0.4, -0.2) is 189 Å². The Morgan fingerprint density at radius 1 is 0.205 bits per heavy atom. The van der Waals surface area contributed by atoms with E-state index < -0.39 is 210 Å². The molecule has 0 atom stereocenters. The molecule has 0 fully saturated rings. The van der Waals surface area contributed by atoms with Crippen LogP contribution in [0.2, 0.25) is 0 Å². The molecule has 0 aliphatic heterocycles. The molecule has 0 aromatic rings. The predicted octanol–water partition coefficient (Wildman–Crippen LogP) is 0.770. The molecule has 440 valence electrons. The molecule has 32 heteroatoms. The van der Waals surface area contributed by atoms with E-state index in [1.165, 1.54) is 0 Å². The molecule has 0 saturated heterocycles. The van der Waals surface area contributed by atoms with Crippen LogP contribution in [0.1, 0.15) is 128 Å². The fourth-order valence-corrected chi connectivity index (χ4v) is 5.71. The topological polar surface area (TPSA) is 509 Å². The number of aliphatic carboxylic acids is 8. The Labute approximate surface area is 442 Å². The fourth-order valence-electron chi connectivity index (χ4n) is 5.71. The van der Waals surface area contributed by atoms with Gasteiger partial charge in [0.05, 0.1) is 129 Å². The van der Waals surface area contributed by atoms with Crippen molar-refractivity contribution in [3.8, 4) is 0 Å². The van der Waals surface area contributed by atoms with Gasteiger partial charge in [0, 0.05) is 0 Å². The lowest BCUT2D eigenvalue weighted by molar-refractivity contribution is -0.173. The minimum absolute atomic E-state index is 0.0534. The van der Waals surface area contributed by atoms with Gasteiger partial charge in [-0.2, -0.15) is 0 Å². The van der Waals surface area contributed by atoms with Crippen molar-refractivity contribution < 1.29 is 155 Å². The molecule has 0 aliphatic carbocycles.